The van der Waals surface area contributed by atoms with Crippen molar-refractivity contribution < 1.29 is 22.7 Å². The Labute approximate surface area is 162 Å². The maximum atomic E-state index is 12.8. The molecule has 2 rings (SSSR count). The lowest BCUT2D eigenvalue weighted by Gasteiger charge is -2.32. The summed E-state index contributed by atoms with van der Waals surface area (Å²) in [5, 5.41) is 3.07. The quantitative estimate of drug-likeness (QED) is 0.726. The molecule has 7 nitrogen and oxygen atoms in total. The molecule has 0 saturated carbocycles. The monoisotopic (exact) mass is 398 g/mol. The van der Waals surface area contributed by atoms with Gasteiger partial charge in [0.05, 0.1) is 31.9 Å². The van der Waals surface area contributed by atoms with Crippen molar-refractivity contribution in [1.82, 2.24) is 9.62 Å². The minimum atomic E-state index is -3.27. The molecular weight excluding hydrogens is 368 g/mol. The van der Waals surface area contributed by atoms with E-state index in [1.165, 1.54) is 4.31 Å². The standard InChI is InChI=1S/C19H30N2O5S/c1-5-16(14-9-10-17(25-3)18(12-14)26-4)20-19(22)15-8-7-11-21(13-15)27(23,24)6-2/h9-10,12,15-16H,5-8,11,13H2,1-4H3,(H,20,22). The molecular formula is C19H30N2O5S. The Balaban J connectivity index is 2.10. The highest BCUT2D eigenvalue weighted by atomic mass is 32.2. The van der Waals surface area contributed by atoms with Crippen LogP contribution in [0, 0.1) is 5.92 Å². The number of carbonyl (C=O) groups is 1. The van der Waals surface area contributed by atoms with Crippen LogP contribution in [0.15, 0.2) is 18.2 Å². The maximum absolute atomic E-state index is 12.8. The summed E-state index contributed by atoms with van der Waals surface area (Å²) in [6.07, 6.45) is 2.11. The van der Waals surface area contributed by atoms with Crippen LogP contribution < -0.4 is 14.8 Å². The number of piperidine rings is 1. The molecule has 1 fully saturated rings. The Bertz CT molecular complexity index is 750. The van der Waals surface area contributed by atoms with E-state index in [9.17, 15) is 13.2 Å². The highest BCUT2D eigenvalue weighted by Crippen LogP contribution is 2.31. The Morgan fingerprint density at radius 2 is 1.96 bits per heavy atom. The number of rotatable bonds is 8. The maximum Gasteiger partial charge on any atom is 0.224 e. The molecule has 1 aliphatic rings. The van der Waals surface area contributed by atoms with Crippen molar-refractivity contribution in [2.45, 2.75) is 39.2 Å². The second-order valence-corrected chi connectivity index (χ2v) is 8.94. The molecule has 1 aliphatic heterocycles. The summed E-state index contributed by atoms with van der Waals surface area (Å²) >= 11 is 0. The molecule has 1 aromatic carbocycles. The van der Waals surface area contributed by atoms with Gasteiger partial charge in [0, 0.05) is 13.1 Å². The van der Waals surface area contributed by atoms with Gasteiger partial charge in [0.25, 0.3) is 0 Å². The van der Waals surface area contributed by atoms with Gasteiger partial charge in [0.1, 0.15) is 0 Å². The number of sulfonamides is 1. The first-order valence-electron chi connectivity index (χ1n) is 9.36. The zero-order chi connectivity index (χ0) is 20.0. The summed E-state index contributed by atoms with van der Waals surface area (Å²) in [7, 11) is -0.113. The van der Waals surface area contributed by atoms with Crippen LogP contribution in [0.25, 0.3) is 0 Å². The number of ether oxygens (including phenoxy) is 2. The molecule has 1 heterocycles. The topological polar surface area (TPSA) is 84.9 Å². The molecule has 2 atom stereocenters. The molecule has 27 heavy (non-hydrogen) atoms. The average molecular weight is 399 g/mol. The van der Waals surface area contributed by atoms with E-state index in [1.54, 1.807) is 21.1 Å². The van der Waals surface area contributed by atoms with Gasteiger partial charge in [0.15, 0.2) is 11.5 Å². The number of carbonyl (C=O) groups excluding carboxylic acids is 1. The molecule has 2 unspecified atom stereocenters. The average Bonchev–Trinajstić information content (AvgIpc) is 2.71. The van der Waals surface area contributed by atoms with E-state index in [0.717, 1.165) is 5.56 Å². The predicted molar refractivity (Wildman–Crippen MR) is 104 cm³/mol. The first-order chi connectivity index (χ1) is 12.9. The van der Waals surface area contributed by atoms with E-state index in [2.05, 4.69) is 5.32 Å². The molecule has 0 radical (unpaired) electrons. The molecule has 0 bridgehead atoms. The predicted octanol–water partition coefficient (Wildman–Crippen LogP) is 2.33. The molecule has 152 valence electrons. The number of hydrogen-bond acceptors (Lipinski definition) is 5. The number of methoxy groups -OCH3 is 2. The highest BCUT2D eigenvalue weighted by Gasteiger charge is 2.32. The summed E-state index contributed by atoms with van der Waals surface area (Å²) in [6, 6.07) is 5.42. The van der Waals surface area contributed by atoms with E-state index >= 15 is 0 Å². The lowest BCUT2D eigenvalue weighted by atomic mass is 9.97. The highest BCUT2D eigenvalue weighted by molar-refractivity contribution is 7.89. The molecule has 0 aliphatic carbocycles. The Kier molecular flexibility index (Phi) is 7.49. The van der Waals surface area contributed by atoms with Crippen LogP contribution >= 0.6 is 0 Å². The summed E-state index contributed by atoms with van der Waals surface area (Å²) in [6.45, 7) is 4.37. The van der Waals surface area contributed by atoms with Gasteiger partial charge >= 0.3 is 0 Å². The third-order valence-corrected chi connectivity index (χ3v) is 6.90. The fourth-order valence-corrected chi connectivity index (χ4v) is 4.55. The minimum absolute atomic E-state index is 0.0601. The second-order valence-electron chi connectivity index (χ2n) is 6.68. The Hall–Kier alpha value is -1.80. The van der Waals surface area contributed by atoms with Crippen molar-refractivity contribution in [2.24, 2.45) is 5.92 Å². The fourth-order valence-electron chi connectivity index (χ4n) is 3.37. The summed E-state index contributed by atoms with van der Waals surface area (Å²) < 4.78 is 36.3. The SMILES string of the molecule is CCC(NC(=O)C1CCCN(S(=O)(=O)CC)C1)c1ccc(OC)c(OC)c1. The largest absolute Gasteiger partial charge is 0.493 e. The Morgan fingerprint density at radius 3 is 2.56 bits per heavy atom. The number of amides is 1. The molecule has 1 amide bonds. The van der Waals surface area contributed by atoms with E-state index in [4.69, 9.17) is 9.47 Å². The molecule has 1 aromatic rings. The fraction of sp³-hybridized carbons (Fsp3) is 0.632. The van der Waals surface area contributed by atoms with Crippen LogP contribution in [0.4, 0.5) is 0 Å². The summed E-state index contributed by atoms with van der Waals surface area (Å²) in [4.78, 5) is 12.8. The number of nitrogens with zero attached hydrogens (tertiary/aromatic N) is 1. The van der Waals surface area contributed by atoms with E-state index in [1.807, 2.05) is 25.1 Å². The molecule has 1 saturated heterocycles. The van der Waals surface area contributed by atoms with Crippen molar-refractivity contribution in [1.29, 1.82) is 0 Å². The first kappa shape index (κ1) is 21.5. The van der Waals surface area contributed by atoms with Crippen molar-refractivity contribution >= 4 is 15.9 Å². The number of nitrogens with one attached hydrogen (secondary N) is 1. The molecule has 0 spiro atoms. The number of hydrogen-bond donors (Lipinski definition) is 1. The smallest absolute Gasteiger partial charge is 0.224 e. The lowest BCUT2D eigenvalue weighted by molar-refractivity contribution is -0.126. The third kappa shape index (κ3) is 5.13. The van der Waals surface area contributed by atoms with Gasteiger partial charge in [0.2, 0.25) is 15.9 Å². The van der Waals surface area contributed by atoms with Crippen LogP contribution in [0.3, 0.4) is 0 Å². The van der Waals surface area contributed by atoms with Gasteiger partial charge in [-0.1, -0.05) is 13.0 Å². The summed E-state index contributed by atoms with van der Waals surface area (Å²) in [5.74, 6) is 0.877. The zero-order valence-corrected chi connectivity index (χ0v) is 17.3. The zero-order valence-electron chi connectivity index (χ0n) is 16.5. The van der Waals surface area contributed by atoms with Crippen molar-refractivity contribution in [3.63, 3.8) is 0 Å². The third-order valence-electron chi connectivity index (χ3n) is 5.05. The van der Waals surface area contributed by atoms with Crippen LogP contribution in [0.2, 0.25) is 0 Å². The van der Waals surface area contributed by atoms with Gasteiger partial charge in [-0.05, 0) is 43.9 Å². The second kappa shape index (κ2) is 9.41. The van der Waals surface area contributed by atoms with Gasteiger partial charge < -0.3 is 14.8 Å². The van der Waals surface area contributed by atoms with Gasteiger partial charge in [-0.15, -0.1) is 0 Å². The van der Waals surface area contributed by atoms with Crippen LogP contribution in [0.5, 0.6) is 11.5 Å². The molecule has 0 aromatic heterocycles. The van der Waals surface area contributed by atoms with Crippen molar-refractivity contribution in [3.8, 4) is 11.5 Å². The van der Waals surface area contributed by atoms with Crippen molar-refractivity contribution in [2.75, 3.05) is 33.1 Å². The number of benzene rings is 1. The van der Waals surface area contributed by atoms with E-state index in [-0.39, 0.29) is 30.2 Å². The van der Waals surface area contributed by atoms with E-state index < -0.39 is 10.0 Å². The van der Waals surface area contributed by atoms with Crippen LogP contribution in [-0.2, 0) is 14.8 Å². The Morgan fingerprint density at radius 1 is 1.26 bits per heavy atom. The van der Waals surface area contributed by atoms with Gasteiger partial charge in [-0.25, -0.2) is 12.7 Å². The van der Waals surface area contributed by atoms with Gasteiger partial charge in [-0.3, -0.25) is 4.79 Å². The molecule has 1 N–H and O–H groups in total. The normalized spacial score (nSPS) is 19.3. The van der Waals surface area contributed by atoms with Gasteiger partial charge in [-0.2, -0.15) is 0 Å². The van der Waals surface area contributed by atoms with Crippen LogP contribution in [-0.4, -0.2) is 51.7 Å². The van der Waals surface area contributed by atoms with Crippen LogP contribution in [0.1, 0.15) is 44.7 Å². The van der Waals surface area contributed by atoms with E-state index in [0.29, 0.717) is 37.3 Å². The molecule has 8 heteroatoms. The lowest BCUT2D eigenvalue weighted by Crippen LogP contribution is -2.46. The minimum Gasteiger partial charge on any atom is -0.493 e. The first-order valence-corrected chi connectivity index (χ1v) is 11.0. The summed E-state index contributed by atoms with van der Waals surface area (Å²) in [5.41, 5.74) is 0.928. The van der Waals surface area contributed by atoms with Crippen molar-refractivity contribution in [3.05, 3.63) is 23.8 Å².